The monoisotopic (exact) mass is 400 g/mol. The molecule has 1 aliphatic heterocycles. The first kappa shape index (κ1) is 21.3. The van der Waals surface area contributed by atoms with Crippen LogP contribution in [0.25, 0.3) is 11.0 Å². The number of aromatic nitrogens is 2. The largest absolute Gasteiger partial charge is 0.459 e. The summed E-state index contributed by atoms with van der Waals surface area (Å²) in [4.78, 5) is 29.8. The summed E-state index contributed by atoms with van der Waals surface area (Å²) in [6.45, 7) is 11.3. The van der Waals surface area contributed by atoms with Crippen molar-refractivity contribution in [1.29, 1.82) is 5.41 Å². The zero-order chi connectivity index (χ0) is 21.3. The van der Waals surface area contributed by atoms with Crippen molar-refractivity contribution >= 4 is 22.7 Å². The number of hydrogen-bond acceptors (Lipinski definition) is 5. The van der Waals surface area contributed by atoms with Gasteiger partial charge in [-0.05, 0) is 65.2 Å². The van der Waals surface area contributed by atoms with Crippen LogP contribution < -0.4 is 5.69 Å². The molecule has 0 bridgehead atoms. The van der Waals surface area contributed by atoms with Gasteiger partial charge in [0.15, 0.2) is 0 Å². The van der Waals surface area contributed by atoms with E-state index in [1.54, 1.807) is 13.8 Å². The number of piperidine rings is 1. The molecule has 1 saturated heterocycles. The molecule has 29 heavy (non-hydrogen) atoms. The van der Waals surface area contributed by atoms with Crippen molar-refractivity contribution in [3.05, 3.63) is 34.2 Å². The molecule has 2 heterocycles. The van der Waals surface area contributed by atoms with Gasteiger partial charge in [0.1, 0.15) is 5.71 Å². The van der Waals surface area contributed by atoms with Gasteiger partial charge in [-0.15, -0.1) is 0 Å². The van der Waals surface area contributed by atoms with E-state index in [2.05, 4.69) is 23.7 Å². The van der Waals surface area contributed by atoms with Gasteiger partial charge in [-0.25, -0.2) is 9.59 Å². The second kappa shape index (κ2) is 8.14. The lowest BCUT2D eigenvalue weighted by molar-refractivity contribution is -0.139. The Morgan fingerprint density at radius 3 is 2.59 bits per heavy atom. The molecule has 1 aromatic heterocycles. The summed E-state index contributed by atoms with van der Waals surface area (Å²) >= 11 is 0. The average Bonchev–Trinajstić information content (AvgIpc) is 2.95. The molecule has 1 aromatic carbocycles. The number of hydrogen-bond donors (Lipinski definition) is 2. The molecule has 0 amide bonds. The highest BCUT2D eigenvalue weighted by molar-refractivity contribution is 6.35. The second-order valence-corrected chi connectivity index (χ2v) is 8.96. The lowest BCUT2D eigenvalue weighted by atomic mass is 9.91. The number of H-pyrrole nitrogens is 1. The quantitative estimate of drug-likeness (QED) is 0.574. The van der Waals surface area contributed by atoms with Crippen LogP contribution in [0.2, 0.25) is 0 Å². The molecule has 0 unspecified atom stereocenters. The van der Waals surface area contributed by atoms with Crippen LogP contribution in [0, 0.1) is 12.3 Å². The molecule has 7 heteroatoms. The summed E-state index contributed by atoms with van der Waals surface area (Å²) in [5.74, 6) is -0.538. The van der Waals surface area contributed by atoms with E-state index < -0.39 is 5.97 Å². The molecule has 7 nitrogen and oxygen atoms in total. The van der Waals surface area contributed by atoms with E-state index in [4.69, 9.17) is 10.1 Å². The molecular weight excluding hydrogens is 368 g/mol. The normalized spacial score (nSPS) is 16.5. The predicted octanol–water partition coefficient (Wildman–Crippen LogP) is 3.41. The number of imidazole rings is 1. The molecule has 0 spiro atoms. The maximum atomic E-state index is 12.6. The number of rotatable bonds is 6. The number of carbonyl (C=O) groups excluding carboxylic acids is 1. The number of esters is 1. The molecule has 0 radical (unpaired) electrons. The Balaban J connectivity index is 1.67. The fourth-order valence-electron chi connectivity index (χ4n) is 4.24. The van der Waals surface area contributed by atoms with Crippen molar-refractivity contribution in [2.24, 2.45) is 0 Å². The predicted molar refractivity (Wildman–Crippen MR) is 115 cm³/mol. The van der Waals surface area contributed by atoms with Gasteiger partial charge in [-0.2, -0.15) is 0 Å². The molecule has 0 saturated carbocycles. The van der Waals surface area contributed by atoms with E-state index in [1.807, 2.05) is 29.7 Å². The summed E-state index contributed by atoms with van der Waals surface area (Å²) in [6.07, 6.45) is 1.83. The molecule has 3 rings (SSSR count). The van der Waals surface area contributed by atoms with E-state index in [-0.39, 0.29) is 29.1 Å². The summed E-state index contributed by atoms with van der Waals surface area (Å²) in [7, 11) is 0. The van der Waals surface area contributed by atoms with Gasteiger partial charge in [0.2, 0.25) is 0 Å². The topological polar surface area (TPSA) is 91.2 Å². The minimum absolute atomic E-state index is 0.00837. The van der Waals surface area contributed by atoms with E-state index in [0.29, 0.717) is 6.42 Å². The van der Waals surface area contributed by atoms with E-state index in [0.717, 1.165) is 42.5 Å². The third-order valence-electron chi connectivity index (χ3n) is 5.76. The van der Waals surface area contributed by atoms with Crippen LogP contribution in [0.15, 0.2) is 23.0 Å². The van der Waals surface area contributed by atoms with Crippen LogP contribution in [0.5, 0.6) is 0 Å². The fraction of sp³-hybridized carbons (Fsp3) is 0.591. The zero-order valence-corrected chi connectivity index (χ0v) is 18.0. The summed E-state index contributed by atoms with van der Waals surface area (Å²) in [5, 5.41) is 8.10. The van der Waals surface area contributed by atoms with E-state index in [1.165, 1.54) is 0 Å². The van der Waals surface area contributed by atoms with Crippen molar-refractivity contribution in [3.8, 4) is 0 Å². The Hall–Kier alpha value is -2.41. The Morgan fingerprint density at radius 2 is 1.97 bits per heavy atom. The smallest absolute Gasteiger partial charge is 0.352 e. The average molecular weight is 401 g/mol. The Kier molecular flexibility index (Phi) is 5.98. The number of carbonyl (C=O) groups is 1. The number of benzene rings is 1. The molecular formula is C22H32N4O3. The number of aromatic amines is 1. The number of fused-ring (bicyclic) bond motifs is 1. The Bertz CT molecular complexity index is 962. The van der Waals surface area contributed by atoms with Crippen LogP contribution >= 0.6 is 0 Å². The molecule has 0 aliphatic carbocycles. The molecule has 1 fully saturated rings. The van der Waals surface area contributed by atoms with Crippen LogP contribution in [-0.4, -0.2) is 50.9 Å². The van der Waals surface area contributed by atoms with Crippen molar-refractivity contribution in [3.63, 3.8) is 0 Å². The highest BCUT2D eigenvalue weighted by atomic mass is 16.5. The van der Waals surface area contributed by atoms with Crippen molar-refractivity contribution in [1.82, 2.24) is 14.5 Å². The summed E-state index contributed by atoms with van der Waals surface area (Å²) < 4.78 is 7.04. The van der Waals surface area contributed by atoms with E-state index in [9.17, 15) is 9.59 Å². The number of ether oxygens (including phenoxy) is 1. The number of nitrogens with one attached hydrogen (secondary N) is 2. The van der Waals surface area contributed by atoms with Crippen LogP contribution in [0.1, 0.15) is 58.6 Å². The third-order valence-corrected chi connectivity index (χ3v) is 5.76. The first-order valence-electron chi connectivity index (χ1n) is 10.3. The van der Waals surface area contributed by atoms with Crippen LogP contribution in [-0.2, 0) is 9.53 Å². The minimum atomic E-state index is -0.538. The van der Waals surface area contributed by atoms with Gasteiger partial charge in [-0.3, -0.25) is 14.9 Å². The Morgan fingerprint density at radius 1 is 1.31 bits per heavy atom. The zero-order valence-electron chi connectivity index (χ0n) is 18.0. The summed E-state index contributed by atoms with van der Waals surface area (Å²) in [6, 6.07) is 6.21. The molecule has 2 aromatic rings. The summed E-state index contributed by atoms with van der Waals surface area (Å²) in [5.41, 5.74) is 2.60. The number of likely N-dealkylation sites (tertiary alicyclic amines) is 1. The lowest BCUT2D eigenvalue weighted by Gasteiger charge is -2.43. The van der Waals surface area contributed by atoms with Gasteiger partial charge in [0, 0.05) is 31.1 Å². The molecule has 158 valence electrons. The fourth-order valence-corrected chi connectivity index (χ4v) is 4.24. The first-order chi connectivity index (χ1) is 13.6. The molecule has 1 aliphatic rings. The standard InChI is InChI=1S/C22H32N4O3/c1-14(2)29-20(27)17(23)13-22(4,5)25-10-8-16(9-11-25)26-19-7-6-15(3)12-18(19)24-21(26)28/h6-7,12,14,16,23H,8-11,13H2,1-5H3,(H,24,28). The third kappa shape index (κ3) is 4.61. The van der Waals surface area contributed by atoms with Gasteiger partial charge in [-0.1, -0.05) is 6.07 Å². The number of nitrogens with zero attached hydrogens (tertiary/aromatic N) is 2. The Labute approximate surface area is 171 Å². The van der Waals surface area contributed by atoms with Crippen LogP contribution in [0.4, 0.5) is 0 Å². The van der Waals surface area contributed by atoms with Crippen molar-refractivity contribution in [2.45, 2.75) is 71.6 Å². The first-order valence-corrected chi connectivity index (χ1v) is 10.3. The highest BCUT2D eigenvalue weighted by Gasteiger charge is 2.34. The lowest BCUT2D eigenvalue weighted by Crippen LogP contribution is -2.50. The second-order valence-electron chi connectivity index (χ2n) is 8.96. The number of aryl methyl sites for hydroxylation is 1. The highest BCUT2D eigenvalue weighted by Crippen LogP contribution is 2.30. The minimum Gasteiger partial charge on any atom is -0.459 e. The SMILES string of the molecule is Cc1ccc2c(c1)[nH]c(=O)n2C1CCN(C(C)(C)CC(=N)C(=O)OC(C)C)CC1. The molecule has 2 N–H and O–H groups in total. The van der Waals surface area contributed by atoms with Gasteiger partial charge >= 0.3 is 11.7 Å². The van der Waals surface area contributed by atoms with Crippen molar-refractivity contribution in [2.75, 3.05) is 13.1 Å². The maximum Gasteiger partial charge on any atom is 0.352 e. The van der Waals surface area contributed by atoms with Gasteiger partial charge < -0.3 is 9.72 Å². The van der Waals surface area contributed by atoms with Gasteiger partial charge in [0.25, 0.3) is 0 Å². The molecule has 0 atom stereocenters. The van der Waals surface area contributed by atoms with Crippen LogP contribution in [0.3, 0.4) is 0 Å². The maximum absolute atomic E-state index is 12.6. The van der Waals surface area contributed by atoms with Gasteiger partial charge in [0.05, 0.1) is 17.1 Å². The van der Waals surface area contributed by atoms with Crippen molar-refractivity contribution < 1.29 is 9.53 Å². The van der Waals surface area contributed by atoms with E-state index >= 15 is 0 Å².